The van der Waals surface area contributed by atoms with Gasteiger partial charge < -0.3 is 4.74 Å². The molecule has 0 saturated heterocycles. The molecule has 0 amide bonds. The Kier molecular flexibility index (Phi) is 4.49. The van der Waals surface area contributed by atoms with Gasteiger partial charge in [-0.3, -0.25) is 9.82 Å². The lowest BCUT2D eigenvalue weighted by Crippen LogP contribution is -2.13. The molecule has 1 aromatic carbocycles. The van der Waals surface area contributed by atoms with Gasteiger partial charge in [0.2, 0.25) is 0 Å². The third-order valence-electron chi connectivity index (χ3n) is 2.41. The average Bonchev–Trinajstić information content (AvgIpc) is 2.89. The smallest absolute Gasteiger partial charge is 0.358 e. The summed E-state index contributed by atoms with van der Waals surface area (Å²) in [6.45, 7) is 1.82. The Balaban J connectivity index is 2.22. The maximum Gasteiger partial charge on any atom is 0.358 e. The van der Waals surface area contributed by atoms with Gasteiger partial charge in [0.1, 0.15) is 0 Å². The fraction of sp³-hybridized carbons (Fsp3) is 0.167. The van der Waals surface area contributed by atoms with Crippen LogP contribution in [0.1, 0.15) is 17.4 Å². The fourth-order valence-electron chi connectivity index (χ4n) is 1.51. The Labute approximate surface area is 126 Å². The predicted octanol–water partition coefficient (Wildman–Crippen LogP) is 2.04. The minimum absolute atomic E-state index is 0.108. The third kappa shape index (κ3) is 3.73. The van der Waals surface area contributed by atoms with E-state index in [0.29, 0.717) is 10.7 Å². The molecule has 0 aliphatic rings. The average molecular weight is 330 g/mol. The second-order valence-corrected chi connectivity index (χ2v) is 6.04. The Morgan fingerprint density at radius 2 is 2.19 bits per heavy atom. The van der Waals surface area contributed by atoms with Crippen molar-refractivity contribution in [1.82, 2.24) is 10.2 Å². The van der Waals surface area contributed by atoms with Gasteiger partial charge in [0.25, 0.3) is 10.0 Å². The van der Waals surface area contributed by atoms with Gasteiger partial charge in [-0.1, -0.05) is 17.7 Å². The number of aromatic amines is 1. The molecule has 1 aromatic heterocycles. The summed E-state index contributed by atoms with van der Waals surface area (Å²) < 4.78 is 31.3. The Morgan fingerprint density at radius 3 is 2.86 bits per heavy atom. The van der Waals surface area contributed by atoms with Crippen molar-refractivity contribution in [3.63, 3.8) is 0 Å². The number of hydrogen-bond acceptors (Lipinski definition) is 5. The first-order valence-electron chi connectivity index (χ1n) is 5.93. The number of esters is 1. The van der Waals surface area contributed by atoms with Crippen LogP contribution in [-0.2, 0) is 14.8 Å². The van der Waals surface area contributed by atoms with Gasteiger partial charge in [-0.15, -0.1) is 0 Å². The standard InChI is InChI=1S/C12H12ClN3O4S/c1-2-20-12(17)10-7-11(15-14-10)21(18,19)16-9-5-3-4-8(13)6-9/h3-7,16H,2H2,1H3,(H,14,15). The number of rotatable bonds is 5. The summed E-state index contributed by atoms with van der Waals surface area (Å²) in [5.74, 6) is -0.696. The van der Waals surface area contributed by atoms with Crippen molar-refractivity contribution in [3.8, 4) is 0 Å². The van der Waals surface area contributed by atoms with Gasteiger partial charge in [0, 0.05) is 11.1 Å². The number of anilines is 1. The SMILES string of the molecule is CCOC(=O)c1cc(S(=O)(=O)Nc2cccc(Cl)c2)[nH]n1. The molecule has 0 radical (unpaired) electrons. The largest absolute Gasteiger partial charge is 0.461 e. The van der Waals surface area contributed by atoms with Crippen LogP contribution in [0.2, 0.25) is 5.02 Å². The van der Waals surface area contributed by atoms with E-state index >= 15 is 0 Å². The normalized spacial score (nSPS) is 11.1. The number of aromatic nitrogens is 2. The predicted molar refractivity (Wildman–Crippen MR) is 76.8 cm³/mol. The van der Waals surface area contributed by atoms with E-state index in [1.807, 2.05) is 0 Å². The molecule has 0 bridgehead atoms. The fourth-order valence-corrected chi connectivity index (χ4v) is 2.68. The highest BCUT2D eigenvalue weighted by atomic mass is 35.5. The van der Waals surface area contributed by atoms with E-state index < -0.39 is 16.0 Å². The molecule has 7 nitrogen and oxygen atoms in total. The number of halogens is 1. The number of carbonyl (C=O) groups excluding carboxylic acids is 1. The quantitative estimate of drug-likeness (QED) is 0.817. The van der Waals surface area contributed by atoms with Crippen LogP contribution in [-0.4, -0.2) is 31.2 Å². The molecule has 9 heteroatoms. The highest BCUT2D eigenvalue weighted by Crippen LogP contribution is 2.19. The summed E-state index contributed by atoms with van der Waals surface area (Å²) in [5.41, 5.74) is 0.193. The van der Waals surface area contributed by atoms with Crippen LogP contribution in [0.5, 0.6) is 0 Å². The number of ether oxygens (including phenoxy) is 1. The number of benzene rings is 1. The van der Waals surface area contributed by atoms with Crippen molar-refractivity contribution < 1.29 is 17.9 Å². The lowest BCUT2D eigenvalue weighted by atomic mass is 10.3. The number of H-pyrrole nitrogens is 1. The number of carbonyl (C=O) groups is 1. The number of sulfonamides is 1. The maximum absolute atomic E-state index is 12.1. The van der Waals surface area contributed by atoms with Gasteiger partial charge in [0.15, 0.2) is 10.7 Å². The first kappa shape index (κ1) is 15.3. The number of nitrogens with zero attached hydrogens (tertiary/aromatic N) is 1. The molecular weight excluding hydrogens is 318 g/mol. The summed E-state index contributed by atoms with van der Waals surface area (Å²) in [4.78, 5) is 11.5. The van der Waals surface area contributed by atoms with E-state index in [2.05, 4.69) is 14.9 Å². The van der Waals surface area contributed by atoms with E-state index in [1.54, 1.807) is 25.1 Å². The van der Waals surface area contributed by atoms with Crippen LogP contribution in [0.3, 0.4) is 0 Å². The van der Waals surface area contributed by atoms with Crippen LogP contribution >= 0.6 is 11.6 Å². The van der Waals surface area contributed by atoms with Crippen molar-refractivity contribution >= 4 is 33.3 Å². The van der Waals surface area contributed by atoms with Crippen LogP contribution in [0.15, 0.2) is 35.4 Å². The van der Waals surface area contributed by atoms with Crippen molar-refractivity contribution in [2.24, 2.45) is 0 Å². The zero-order valence-electron chi connectivity index (χ0n) is 11.0. The zero-order valence-corrected chi connectivity index (χ0v) is 12.5. The van der Waals surface area contributed by atoms with Crippen LogP contribution in [0, 0.1) is 0 Å². The van der Waals surface area contributed by atoms with Crippen LogP contribution in [0.4, 0.5) is 5.69 Å². The van der Waals surface area contributed by atoms with Gasteiger partial charge in [-0.05, 0) is 25.1 Å². The van der Waals surface area contributed by atoms with E-state index in [9.17, 15) is 13.2 Å². The second-order valence-electron chi connectivity index (χ2n) is 3.95. The first-order chi connectivity index (χ1) is 9.92. The summed E-state index contributed by atoms with van der Waals surface area (Å²) in [5, 5.41) is 6.05. The van der Waals surface area contributed by atoms with E-state index in [4.69, 9.17) is 16.3 Å². The molecule has 0 aliphatic heterocycles. The molecule has 0 fully saturated rings. The minimum Gasteiger partial charge on any atom is -0.461 e. The minimum atomic E-state index is -3.89. The van der Waals surface area contributed by atoms with Crippen LogP contribution in [0.25, 0.3) is 0 Å². The highest BCUT2D eigenvalue weighted by molar-refractivity contribution is 7.92. The van der Waals surface area contributed by atoms with Gasteiger partial charge in [-0.25, -0.2) is 4.79 Å². The Hall–Kier alpha value is -2.06. The Bertz CT molecular complexity index is 757. The highest BCUT2D eigenvalue weighted by Gasteiger charge is 2.20. The van der Waals surface area contributed by atoms with Gasteiger partial charge in [0.05, 0.1) is 12.3 Å². The first-order valence-corrected chi connectivity index (χ1v) is 7.79. The van der Waals surface area contributed by atoms with Gasteiger partial charge >= 0.3 is 5.97 Å². The monoisotopic (exact) mass is 329 g/mol. The molecule has 2 N–H and O–H groups in total. The molecule has 0 atom stereocenters. The summed E-state index contributed by atoms with van der Waals surface area (Å²) in [6.07, 6.45) is 0. The summed E-state index contributed by atoms with van der Waals surface area (Å²) in [6, 6.07) is 7.34. The second kappa shape index (κ2) is 6.15. The molecule has 2 aromatic rings. The zero-order chi connectivity index (χ0) is 15.5. The molecule has 1 heterocycles. The van der Waals surface area contributed by atoms with Gasteiger partial charge in [-0.2, -0.15) is 13.5 Å². The topological polar surface area (TPSA) is 101 Å². The number of hydrogen-bond donors (Lipinski definition) is 2. The molecule has 0 spiro atoms. The molecular formula is C12H12ClN3O4S. The van der Waals surface area contributed by atoms with Crippen molar-refractivity contribution in [2.45, 2.75) is 11.9 Å². The van der Waals surface area contributed by atoms with E-state index in [1.165, 1.54) is 6.07 Å². The molecule has 0 saturated carbocycles. The molecule has 112 valence electrons. The summed E-state index contributed by atoms with van der Waals surface area (Å²) in [7, 11) is -3.89. The van der Waals surface area contributed by atoms with Crippen molar-refractivity contribution in [2.75, 3.05) is 11.3 Å². The van der Waals surface area contributed by atoms with Crippen molar-refractivity contribution in [3.05, 3.63) is 41.0 Å². The maximum atomic E-state index is 12.1. The third-order valence-corrected chi connectivity index (χ3v) is 3.93. The van der Waals surface area contributed by atoms with Crippen molar-refractivity contribution in [1.29, 1.82) is 0 Å². The lowest BCUT2D eigenvalue weighted by Gasteiger charge is -2.05. The van der Waals surface area contributed by atoms with E-state index in [0.717, 1.165) is 6.07 Å². The molecule has 0 aliphatic carbocycles. The summed E-state index contributed by atoms with van der Waals surface area (Å²) >= 11 is 5.78. The Morgan fingerprint density at radius 1 is 1.43 bits per heavy atom. The van der Waals surface area contributed by atoms with E-state index in [-0.39, 0.29) is 17.3 Å². The lowest BCUT2D eigenvalue weighted by molar-refractivity contribution is 0.0519. The molecule has 2 rings (SSSR count). The van der Waals surface area contributed by atoms with Crippen LogP contribution < -0.4 is 4.72 Å². The number of nitrogens with one attached hydrogen (secondary N) is 2. The molecule has 0 unspecified atom stereocenters. The molecule has 21 heavy (non-hydrogen) atoms.